The first-order chi connectivity index (χ1) is 14.0. The molecule has 2 heteroatoms. The number of hydrogen-bond acceptors (Lipinski definition) is 1. The Labute approximate surface area is 179 Å². The first kappa shape index (κ1) is 23.4. The Kier molecular flexibility index (Phi) is 10.2. The number of unbranched alkanes of at least 4 members (excludes halogenated alkanes) is 9. The molecule has 1 atom stereocenters. The molecule has 1 aliphatic rings. The molecule has 1 unspecified atom stereocenters. The number of nitrogens with two attached hydrogens (primary N) is 1. The maximum atomic E-state index is 6.40. The molecule has 1 aliphatic carbocycles. The van der Waals surface area contributed by atoms with E-state index < -0.39 is 0 Å². The summed E-state index contributed by atoms with van der Waals surface area (Å²) < 4.78 is 2.29. The highest BCUT2D eigenvalue weighted by Crippen LogP contribution is 2.32. The van der Waals surface area contributed by atoms with Crippen molar-refractivity contribution in [3.05, 3.63) is 60.0 Å². The number of aromatic nitrogens is 1. The van der Waals surface area contributed by atoms with Gasteiger partial charge in [0.1, 0.15) is 6.54 Å². The van der Waals surface area contributed by atoms with Gasteiger partial charge in [0.15, 0.2) is 12.4 Å². The lowest BCUT2D eigenvalue weighted by molar-refractivity contribution is -0.697. The third-order valence-corrected chi connectivity index (χ3v) is 6.07. The fourth-order valence-corrected chi connectivity index (χ4v) is 3.97. The van der Waals surface area contributed by atoms with Gasteiger partial charge in [0.25, 0.3) is 0 Å². The second-order valence-corrected chi connectivity index (χ2v) is 9.10. The number of hydrogen-bond donors (Lipinski definition) is 1. The third kappa shape index (κ3) is 9.02. The van der Waals surface area contributed by atoms with E-state index in [1.54, 1.807) is 0 Å². The van der Waals surface area contributed by atoms with Crippen molar-refractivity contribution in [2.75, 3.05) is 0 Å². The Morgan fingerprint density at radius 2 is 1.59 bits per heavy atom. The fraction of sp³-hybridized carbons (Fsp3) is 0.593. The lowest BCUT2D eigenvalue weighted by Gasteiger charge is -2.24. The van der Waals surface area contributed by atoms with Crippen LogP contribution in [-0.2, 0) is 6.54 Å². The summed E-state index contributed by atoms with van der Waals surface area (Å²) in [7, 11) is 0. The fourth-order valence-electron chi connectivity index (χ4n) is 3.97. The molecule has 2 rings (SSSR count). The zero-order valence-electron chi connectivity index (χ0n) is 19.1. The van der Waals surface area contributed by atoms with Crippen molar-refractivity contribution >= 4 is 5.70 Å². The molecule has 1 aromatic rings. The zero-order chi connectivity index (χ0) is 21.0. The minimum Gasteiger partial charge on any atom is -0.398 e. The van der Waals surface area contributed by atoms with Crippen LogP contribution >= 0.6 is 0 Å². The van der Waals surface area contributed by atoms with E-state index in [-0.39, 0.29) is 5.41 Å². The number of pyridine rings is 1. The molecule has 1 heterocycles. The van der Waals surface area contributed by atoms with Gasteiger partial charge in [0, 0.05) is 35.2 Å². The molecule has 29 heavy (non-hydrogen) atoms. The van der Waals surface area contributed by atoms with Crippen molar-refractivity contribution in [3.8, 4) is 0 Å². The first-order valence-electron chi connectivity index (χ1n) is 11.9. The van der Waals surface area contributed by atoms with E-state index in [4.69, 9.17) is 5.73 Å². The van der Waals surface area contributed by atoms with Crippen LogP contribution in [0.2, 0.25) is 0 Å². The second kappa shape index (κ2) is 12.7. The van der Waals surface area contributed by atoms with Gasteiger partial charge in [-0.05, 0) is 19.8 Å². The van der Waals surface area contributed by atoms with E-state index in [0.29, 0.717) is 0 Å². The van der Waals surface area contributed by atoms with Crippen LogP contribution in [0.15, 0.2) is 54.4 Å². The molecule has 2 nitrogen and oxygen atoms in total. The quantitative estimate of drug-likeness (QED) is 0.280. The van der Waals surface area contributed by atoms with Crippen molar-refractivity contribution in [2.24, 2.45) is 11.1 Å². The first-order valence-corrected chi connectivity index (χ1v) is 11.9. The van der Waals surface area contributed by atoms with Gasteiger partial charge < -0.3 is 5.73 Å². The second-order valence-electron chi connectivity index (χ2n) is 9.10. The van der Waals surface area contributed by atoms with E-state index in [1.165, 1.54) is 69.8 Å². The van der Waals surface area contributed by atoms with Gasteiger partial charge in [-0.1, -0.05) is 95.1 Å². The Hall–Kier alpha value is -1.83. The van der Waals surface area contributed by atoms with Gasteiger partial charge in [0.2, 0.25) is 0 Å². The lowest BCUT2D eigenvalue weighted by atomic mass is 9.81. The molecule has 1 aromatic heterocycles. The summed E-state index contributed by atoms with van der Waals surface area (Å²) in [6.07, 6.45) is 28.1. The maximum absolute atomic E-state index is 6.40. The van der Waals surface area contributed by atoms with Crippen LogP contribution in [0, 0.1) is 5.41 Å². The smallest absolute Gasteiger partial charge is 0.169 e. The third-order valence-electron chi connectivity index (χ3n) is 6.07. The van der Waals surface area contributed by atoms with Gasteiger partial charge in [0.05, 0.1) is 0 Å². The number of nitrogens with zero attached hydrogens (tertiary/aromatic N) is 1. The predicted octanol–water partition coefficient (Wildman–Crippen LogP) is 7.11. The molecule has 0 amide bonds. The average Bonchev–Trinajstić information content (AvgIpc) is 2.72. The van der Waals surface area contributed by atoms with Gasteiger partial charge in [-0.3, -0.25) is 0 Å². The highest BCUT2D eigenvalue weighted by molar-refractivity contribution is 5.63. The van der Waals surface area contributed by atoms with E-state index in [2.05, 4.69) is 74.2 Å². The van der Waals surface area contributed by atoms with Crippen molar-refractivity contribution in [1.29, 1.82) is 0 Å². The largest absolute Gasteiger partial charge is 0.398 e. The van der Waals surface area contributed by atoms with E-state index in [1.807, 2.05) is 0 Å². The van der Waals surface area contributed by atoms with Crippen LogP contribution < -0.4 is 10.3 Å². The number of aryl methyl sites for hydroxylation is 1. The van der Waals surface area contributed by atoms with Crippen molar-refractivity contribution in [3.63, 3.8) is 0 Å². The van der Waals surface area contributed by atoms with Crippen molar-refractivity contribution < 1.29 is 4.57 Å². The maximum Gasteiger partial charge on any atom is 0.169 e. The molecule has 0 spiro atoms. The number of rotatable bonds is 13. The van der Waals surface area contributed by atoms with Gasteiger partial charge in [-0.15, -0.1) is 0 Å². The molecule has 0 aliphatic heterocycles. The molecular formula is C27H43N2+. The zero-order valence-corrected chi connectivity index (χ0v) is 19.1. The van der Waals surface area contributed by atoms with E-state index in [9.17, 15) is 0 Å². The molecule has 0 fully saturated rings. The van der Waals surface area contributed by atoms with Gasteiger partial charge in [-0.25, -0.2) is 4.57 Å². The SMILES string of the molecule is CCCCCCCCCCCC[n+]1ccc(C(N)=CC2(C)C=CC(C)=CC2)cc1. The summed E-state index contributed by atoms with van der Waals surface area (Å²) in [4.78, 5) is 0. The van der Waals surface area contributed by atoms with Crippen LogP contribution in [0.3, 0.4) is 0 Å². The van der Waals surface area contributed by atoms with Gasteiger partial charge >= 0.3 is 0 Å². The Morgan fingerprint density at radius 1 is 1.00 bits per heavy atom. The van der Waals surface area contributed by atoms with Crippen LogP contribution in [0.4, 0.5) is 0 Å². The van der Waals surface area contributed by atoms with Crippen molar-refractivity contribution in [1.82, 2.24) is 0 Å². The topological polar surface area (TPSA) is 29.9 Å². The molecule has 0 saturated carbocycles. The van der Waals surface area contributed by atoms with E-state index >= 15 is 0 Å². The van der Waals surface area contributed by atoms with Crippen molar-refractivity contribution in [2.45, 2.75) is 97.9 Å². The Bertz CT molecular complexity index is 681. The summed E-state index contributed by atoms with van der Waals surface area (Å²) in [5.41, 5.74) is 9.74. The van der Waals surface area contributed by atoms with Crippen LogP contribution in [-0.4, -0.2) is 0 Å². The van der Waals surface area contributed by atoms with Crippen LogP contribution in [0.5, 0.6) is 0 Å². The molecule has 160 valence electrons. The summed E-state index contributed by atoms with van der Waals surface area (Å²) in [6.45, 7) is 7.78. The lowest BCUT2D eigenvalue weighted by Crippen LogP contribution is -2.32. The van der Waals surface area contributed by atoms with Crippen LogP contribution in [0.1, 0.15) is 97.0 Å². The Morgan fingerprint density at radius 3 is 2.14 bits per heavy atom. The minimum absolute atomic E-state index is 0.0193. The summed E-state index contributed by atoms with van der Waals surface area (Å²) in [5, 5.41) is 0. The average molecular weight is 396 g/mol. The molecular weight excluding hydrogens is 352 g/mol. The molecule has 0 aromatic carbocycles. The molecule has 2 N–H and O–H groups in total. The Balaban J connectivity index is 1.67. The summed E-state index contributed by atoms with van der Waals surface area (Å²) >= 11 is 0. The molecule has 0 radical (unpaired) electrons. The van der Waals surface area contributed by atoms with E-state index in [0.717, 1.165) is 24.2 Å². The summed E-state index contributed by atoms with van der Waals surface area (Å²) in [5.74, 6) is 0. The summed E-state index contributed by atoms with van der Waals surface area (Å²) in [6, 6.07) is 4.30. The molecule has 0 saturated heterocycles. The minimum atomic E-state index is 0.0193. The number of allylic oxidation sites excluding steroid dienone is 5. The van der Waals surface area contributed by atoms with Gasteiger partial charge in [-0.2, -0.15) is 0 Å². The van der Waals surface area contributed by atoms with Crippen LogP contribution in [0.25, 0.3) is 5.70 Å². The predicted molar refractivity (Wildman–Crippen MR) is 126 cm³/mol. The monoisotopic (exact) mass is 395 g/mol. The molecule has 0 bridgehead atoms. The normalized spacial score (nSPS) is 19.4. The standard InChI is InChI=1S/C27H43N2/c1-4-5-6-7-8-9-10-11-12-13-20-29-21-16-25(17-22-29)26(28)23-27(3)18-14-24(2)15-19-27/h14-18,21-23H,4-13,19-20,28H2,1-3H3/q+1. The highest BCUT2D eigenvalue weighted by atomic mass is 14.9. The highest BCUT2D eigenvalue weighted by Gasteiger charge is 2.20.